The maximum Gasteiger partial charge on any atom is 0.231 e. The van der Waals surface area contributed by atoms with Crippen molar-refractivity contribution >= 4 is 22.1 Å². The van der Waals surface area contributed by atoms with Crippen molar-refractivity contribution in [3.63, 3.8) is 0 Å². The monoisotopic (exact) mass is 370 g/mol. The van der Waals surface area contributed by atoms with Crippen LogP contribution in [0.3, 0.4) is 0 Å². The molecule has 0 bridgehead atoms. The quantitative estimate of drug-likeness (QED) is 0.663. The molecule has 0 atom stereocenters. The van der Waals surface area contributed by atoms with E-state index in [9.17, 15) is 0 Å². The summed E-state index contributed by atoms with van der Waals surface area (Å²) in [7, 11) is 0. The summed E-state index contributed by atoms with van der Waals surface area (Å²) in [6.45, 7) is 0.242. The van der Waals surface area contributed by atoms with Gasteiger partial charge in [0.05, 0.1) is 6.21 Å². The van der Waals surface area contributed by atoms with Gasteiger partial charge in [-0.15, -0.1) is 10.2 Å². The summed E-state index contributed by atoms with van der Waals surface area (Å²) < 4.78 is 13.2. The van der Waals surface area contributed by atoms with Gasteiger partial charge in [0, 0.05) is 15.6 Å². The lowest BCUT2D eigenvalue weighted by atomic mass is 10.2. The van der Waals surface area contributed by atoms with Crippen molar-refractivity contribution in [1.82, 2.24) is 14.9 Å². The van der Waals surface area contributed by atoms with E-state index in [1.807, 2.05) is 42.5 Å². The molecule has 0 radical (unpaired) electrons. The minimum Gasteiger partial charge on any atom is -0.454 e. The van der Waals surface area contributed by atoms with Gasteiger partial charge in [0.2, 0.25) is 6.79 Å². The van der Waals surface area contributed by atoms with Gasteiger partial charge in [0.25, 0.3) is 0 Å². The second kappa shape index (κ2) is 5.85. The average Bonchev–Trinajstić information content (AvgIpc) is 3.22. The molecule has 114 valence electrons. The van der Waals surface area contributed by atoms with Crippen LogP contribution in [0.2, 0.25) is 0 Å². The molecule has 0 amide bonds. The van der Waals surface area contributed by atoms with Crippen molar-refractivity contribution in [1.29, 1.82) is 0 Å². The highest BCUT2D eigenvalue weighted by Crippen LogP contribution is 2.36. The van der Waals surface area contributed by atoms with Gasteiger partial charge in [-0.25, -0.2) is 0 Å². The van der Waals surface area contributed by atoms with Gasteiger partial charge < -0.3 is 9.47 Å². The minimum atomic E-state index is 0.242. The average molecular weight is 371 g/mol. The molecule has 0 saturated carbocycles. The smallest absolute Gasteiger partial charge is 0.231 e. The zero-order valence-electron chi connectivity index (χ0n) is 11.9. The third kappa shape index (κ3) is 2.70. The number of aromatic nitrogens is 3. The molecule has 2 heterocycles. The molecule has 2 aromatic carbocycles. The Labute approximate surface area is 140 Å². The second-order valence-corrected chi connectivity index (χ2v) is 5.69. The largest absolute Gasteiger partial charge is 0.454 e. The first-order valence-corrected chi connectivity index (χ1v) is 7.69. The summed E-state index contributed by atoms with van der Waals surface area (Å²) in [5.74, 6) is 2.11. The predicted molar refractivity (Wildman–Crippen MR) is 88.7 cm³/mol. The first-order valence-electron chi connectivity index (χ1n) is 6.90. The van der Waals surface area contributed by atoms with Gasteiger partial charge in [-0.1, -0.05) is 30.3 Å². The summed E-state index contributed by atoms with van der Waals surface area (Å²) in [6.07, 6.45) is 3.29. The van der Waals surface area contributed by atoms with Gasteiger partial charge in [-0.05, 0) is 28.1 Å². The molecule has 6 nitrogen and oxygen atoms in total. The fourth-order valence-corrected chi connectivity index (χ4v) is 2.67. The van der Waals surface area contributed by atoms with E-state index in [0.29, 0.717) is 11.6 Å². The zero-order chi connectivity index (χ0) is 15.6. The van der Waals surface area contributed by atoms with Gasteiger partial charge in [0.15, 0.2) is 17.3 Å². The fraction of sp³-hybridized carbons (Fsp3) is 0.0625. The van der Waals surface area contributed by atoms with Crippen LogP contribution in [0.1, 0.15) is 5.56 Å². The van der Waals surface area contributed by atoms with Crippen LogP contribution >= 0.6 is 15.9 Å². The van der Waals surface area contributed by atoms with E-state index in [2.05, 4.69) is 31.2 Å². The lowest BCUT2D eigenvalue weighted by Crippen LogP contribution is -1.94. The van der Waals surface area contributed by atoms with E-state index in [-0.39, 0.29) is 6.79 Å². The highest BCUT2D eigenvalue weighted by molar-refractivity contribution is 9.10. The van der Waals surface area contributed by atoms with Crippen molar-refractivity contribution < 1.29 is 9.47 Å². The number of nitrogens with zero attached hydrogens (tertiary/aromatic N) is 4. The van der Waals surface area contributed by atoms with Gasteiger partial charge in [0.1, 0.15) is 6.33 Å². The van der Waals surface area contributed by atoms with Gasteiger partial charge in [-0.2, -0.15) is 9.78 Å². The van der Waals surface area contributed by atoms with Crippen molar-refractivity contribution in [2.45, 2.75) is 0 Å². The molecule has 0 N–H and O–H groups in total. The molecule has 0 unspecified atom stereocenters. The first-order chi connectivity index (χ1) is 11.3. The molecular weight excluding hydrogens is 360 g/mol. The van der Waals surface area contributed by atoms with Crippen LogP contribution in [0.5, 0.6) is 11.5 Å². The number of hydrogen-bond donors (Lipinski definition) is 0. The van der Waals surface area contributed by atoms with E-state index >= 15 is 0 Å². The molecule has 0 aliphatic carbocycles. The molecule has 1 aromatic heterocycles. The van der Waals surface area contributed by atoms with Crippen molar-refractivity contribution in [3.05, 3.63) is 58.8 Å². The topological polar surface area (TPSA) is 61.5 Å². The van der Waals surface area contributed by atoms with E-state index in [1.165, 1.54) is 0 Å². The highest BCUT2D eigenvalue weighted by Gasteiger charge is 2.15. The summed E-state index contributed by atoms with van der Waals surface area (Å²) in [4.78, 5) is 0. The molecule has 7 heteroatoms. The van der Waals surface area contributed by atoms with Crippen LogP contribution in [0.25, 0.3) is 11.4 Å². The van der Waals surface area contributed by atoms with E-state index < -0.39 is 0 Å². The van der Waals surface area contributed by atoms with Gasteiger partial charge in [-0.3, -0.25) is 0 Å². The Morgan fingerprint density at radius 2 is 1.91 bits per heavy atom. The van der Waals surface area contributed by atoms with Gasteiger partial charge >= 0.3 is 0 Å². The van der Waals surface area contributed by atoms with Crippen LogP contribution in [0.4, 0.5) is 0 Å². The summed E-state index contributed by atoms with van der Waals surface area (Å²) in [5, 5.41) is 12.5. The van der Waals surface area contributed by atoms with Crippen LogP contribution < -0.4 is 9.47 Å². The maximum atomic E-state index is 5.39. The molecular formula is C16H11BrN4O2. The van der Waals surface area contributed by atoms with Crippen LogP contribution in [-0.2, 0) is 0 Å². The third-order valence-corrected chi connectivity index (χ3v) is 4.06. The fourth-order valence-electron chi connectivity index (χ4n) is 2.25. The zero-order valence-corrected chi connectivity index (χ0v) is 13.5. The van der Waals surface area contributed by atoms with E-state index in [1.54, 1.807) is 17.2 Å². The predicted octanol–water partition coefficient (Wildman–Crippen LogP) is 3.32. The number of benzene rings is 2. The minimum absolute atomic E-state index is 0.242. The molecule has 0 spiro atoms. The maximum absolute atomic E-state index is 5.39. The Bertz CT molecular complexity index is 877. The molecule has 3 aromatic rings. The lowest BCUT2D eigenvalue weighted by molar-refractivity contribution is 0.174. The molecule has 1 aliphatic rings. The van der Waals surface area contributed by atoms with Crippen LogP contribution in [0, 0.1) is 0 Å². The highest BCUT2D eigenvalue weighted by atomic mass is 79.9. The van der Waals surface area contributed by atoms with Crippen molar-refractivity contribution in [3.8, 4) is 22.9 Å². The lowest BCUT2D eigenvalue weighted by Gasteiger charge is -2.03. The molecule has 4 rings (SSSR count). The van der Waals surface area contributed by atoms with E-state index in [4.69, 9.17) is 9.47 Å². The summed E-state index contributed by atoms with van der Waals surface area (Å²) in [5.41, 5.74) is 1.83. The number of ether oxygens (including phenoxy) is 2. The van der Waals surface area contributed by atoms with Crippen LogP contribution in [0.15, 0.2) is 58.4 Å². The summed E-state index contributed by atoms with van der Waals surface area (Å²) in [6, 6.07) is 13.5. The SMILES string of the molecule is Brc1cc2c(cc1/C=N\n1cnnc1-c1ccccc1)OCO2. The first kappa shape index (κ1) is 14.0. The Balaban J connectivity index is 1.67. The van der Waals surface area contributed by atoms with Crippen LogP contribution in [-0.4, -0.2) is 27.9 Å². The Hall–Kier alpha value is -2.67. The molecule has 23 heavy (non-hydrogen) atoms. The Morgan fingerprint density at radius 3 is 2.74 bits per heavy atom. The normalized spacial score (nSPS) is 12.9. The Kier molecular flexibility index (Phi) is 3.55. The molecule has 0 saturated heterocycles. The number of rotatable bonds is 3. The standard InChI is InChI=1S/C16H11BrN4O2/c17-13-7-15-14(22-10-23-15)6-12(13)8-19-21-9-18-20-16(21)11-4-2-1-3-5-11/h1-9H,10H2/b19-8-. The number of halogens is 1. The Morgan fingerprint density at radius 1 is 1.13 bits per heavy atom. The van der Waals surface area contributed by atoms with Crippen molar-refractivity contribution in [2.24, 2.45) is 5.10 Å². The second-order valence-electron chi connectivity index (χ2n) is 4.84. The molecule has 1 aliphatic heterocycles. The van der Waals surface area contributed by atoms with E-state index in [0.717, 1.165) is 21.3 Å². The third-order valence-electron chi connectivity index (χ3n) is 3.38. The number of hydrogen-bond acceptors (Lipinski definition) is 5. The van der Waals surface area contributed by atoms with Crippen molar-refractivity contribution in [2.75, 3.05) is 6.79 Å². The summed E-state index contributed by atoms with van der Waals surface area (Å²) >= 11 is 3.51. The molecule has 0 fully saturated rings. The number of fused-ring (bicyclic) bond motifs is 1.